The molecule has 0 atom stereocenters. The molecule has 192 valence electrons. The van der Waals surface area contributed by atoms with Gasteiger partial charge in [-0.25, -0.2) is 4.39 Å². The van der Waals surface area contributed by atoms with Crippen LogP contribution in [0.4, 0.5) is 10.1 Å². The molecule has 6 nitrogen and oxygen atoms in total. The van der Waals surface area contributed by atoms with Crippen LogP contribution in [0.5, 0.6) is 0 Å². The highest BCUT2D eigenvalue weighted by atomic mass is 19.1. The molecule has 1 aromatic heterocycles. The first-order valence-electron chi connectivity index (χ1n) is 13.6. The molecule has 4 aliphatic rings. The number of piperazine rings is 1. The third-order valence-corrected chi connectivity index (χ3v) is 9.30. The normalized spacial score (nSPS) is 21.6. The van der Waals surface area contributed by atoms with Crippen LogP contribution in [0, 0.1) is 5.82 Å². The number of ketones is 1. The van der Waals surface area contributed by atoms with Crippen molar-refractivity contribution in [3.05, 3.63) is 64.1 Å². The Morgan fingerprint density at radius 3 is 2.59 bits per heavy atom. The van der Waals surface area contributed by atoms with Crippen LogP contribution in [-0.2, 0) is 16.7 Å². The second-order valence-corrected chi connectivity index (χ2v) is 11.1. The molecule has 2 aromatic carbocycles. The van der Waals surface area contributed by atoms with Crippen molar-refractivity contribution in [2.75, 3.05) is 44.3 Å². The zero-order chi connectivity index (χ0) is 25.1. The molecule has 37 heavy (non-hydrogen) atoms. The molecule has 1 spiro atoms. The van der Waals surface area contributed by atoms with Crippen LogP contribution in [0.3, 0.4) is 0 Å². The topological polar surface area (TPSA) is 60.9 Å². The molecule has 3 fully saturated rings. The van der Waals surface area contributed by atoms with Gasteiger partial charge >= 0.3 is 0 Å². The van der Waals surface area contributed by atoms with Crippen molar-refractivity contribution in [1.82, 2.24) is 9.88 Å². The minimum Gasteiger partial charge on any atom is -0.381 e. The lowest BCUT2D eigenvalue weighted by Crippen LogP contribution is -2.52. The third kappa shape index (κ3) is 3.51. The molecule has 1 saturated carbocycles. The molecule has 0 unspecified atom stereocenters. The maximum Gasteiger partial charge on any atom is 0.195 e. The highest BCUT2D eigenvalue weighted by molar-refractivity contribution is 6.20. The van der Waals surface area contributed by atoms with Gasteiger partial charge in [-0.1, -0.05) is 18.6 Å². The number of hydrogen-bond donors (Lipinski definition) is 1. The van der Waals surface area contributed by atoms with Gasteiger partial charge in [0, 0.05) is 73.0 Å². The Hall–Kier alpha value is -3.03. The number of aliphatic imine (C=N–C) groups is 1. The third-order valence-electron chi connectivity index (χ3n) is 9.30. The number of anilines is 1. The number of H-pyrrole nitrogens is 1. The lowest BCUT2D eigenvalue weighted by Gasteiger charge is -2.45. The van der Waals surface area contributed by atoms with Gasteiger partial charge in [0.25, 0.3) is 0 Å². The van der Waals surface area contributed by atoms with E-state index in [2.05, 4.69) is 32.6 Å². The average molecular weight is 501 g/mol. The van der Waals surface area contributed by atoms with E-state index in [-0.39, 0.29) is 11.6 Å². The quantitative estimate of drug-likeness (QED) is 0.522. The molecule has 0 radical (unpaired) electrons. The Kier molecular flexibility index (Phi) is 5.48. The molecular weight excluding hydrogens is 467 g/mol. The molecule has 7 heteroatoms. The molecule has 7 rings (SSSR count). The van der Waals surface area contributed by atoms with Gasteiger partial charge in [0.2, 0.25) is 0 Å². The molecular formula is C30H33FN4O2. The van der Waals surface area contributed by atoms with Crippen LogP contribution in [0.2, 0.25) is 0 Å². The Morgan fingerprint density at radius 1 is 1.11 bits per heavy atom. The predicted octanol–water partition coefficient (Wildman–Crippen LogP) is 4.82. The number of carbonyl (C=O) groups excluding carboxylic acids is 1. The van der Waals surface area contributed by atoms with E-state index in [9.17, 15) is 4.79 Å². The van der Waals surface area contributed by atoms with Crippen molar-refractivity contribution in [3.8, 4) is 0 Å². The number of nitrogens with zero attached hydrogens (tertiary/aromatic N) is 3. The number of aromatic amines is 1. The van der Waals surface area contributed by atoms with Gasteiger partial charge < -0.3 is 14.6 Å². The highest BCUT2D eigenvalue weighted by Crippen LogP contribution is 2.50. The summed E-state index contributed by atoms with van der Waals surface area (Å²) in [6, 6.07) is 10.3. The number of nitrogens with one attached hydrogen (secondary N) is 1. The summed E-state index contributed by atoms with van der Waals surface area (Å²) < 4.78 is 21.5. The number of carbonyl (C=O) groups is 1. The van der Waals surface area contributed by atoms with Crippen LogP contribution >= 0.6 is 0 Å². The molecule has 2 aliphatic carbocycles. The predicted molar refractivity (Wildman–Crippen MR) is 144 cm³/mol. The smallest absolute Gasteiger partial charge is 0.195 e. The Labute approximate surface area is 216 Å². The molecule has 2 aliphatic heterocycles. The molecule has 0 bridgehead atoms. The maximum atomic E-state index is 15.7. The number of hydrogen-bond acceptors (Lipinski definition) is 5. The van der Waals surface area contributed by atoms with Gasteiger partial charge in [-0.15, -0.1) is 0 Å². The van der Waals surface area contributed by atoms with Crippen molar-refractivity contribution in [3.63, 3.8) is 0 Å². The van der Waals surface area contributed by atoms with E-state index < -0.39 is 5.41 Å². The van der Waals surface area contributed by atoms with Crippen molar-refractivity contribution in [2.24, 2.45) is 4.99 Å². The van der Waals surface area contributed by atoms with Gasteiger partial charge in [-0.3, -0.25) is 14.7 Å². The number of ether oxygens (including phenoxy) is 1. The van der Waals surface area contributed by atoms with Crippen molar-refractivity contribution >= 4 is 29.1 Å². The standard InChI is InChI=1S/C30H33FN4O2/c1-32-18-19-5-6-21-25(15-19)33-29-27(21)28(36)22-16-24(31)26(17-23(22)30(29)7-13-37-14-8-30)35-11-9-34(10-12-35)20-3-2-4-20/h5-6,15-17,20,33H,1-4,7-14,18H2. The fourth-order valence-electron chi connectivity index (χ4n) is 7.04. The average Bonchev–Trinajstić information content (AvgIpc) is 3.27. The summed E-state index contributed by atoms with van der Waals surface area (Å²) in [6.07, 6.45) is 5.42. The Bertz CT molecular complexity index is 1390. The number of halogens is 1. The van der Waals surface area contributed by atoms with E-state index in [4.69, 9.17) is 4.74 Å². The van der Waals surface area contributed by atoms with Crippen molar-refractivity contribution in [1.29, 1.82) is 0 Å². The lowest BCUT2D eigenvalue weighted by atomic mass is 9.64. The molecule has 3 aromatic rings. The van der Waals surface area contributed by atoms with Gasteiger partial charge in [-0.05, 0) is 61.7 Å². The minimum absolute atomic E-state index is 0.0942. The summed E-state index contributed by atoms with van der Waals surface area (Å²) in [4.78, 5) is 26.3. The SMILES string of the molecule is C=NCc1ccc2c3c([nH]c2c1)C1(CCOCC1)c1cc(N2CCN(C4CCC4)CC2)c(F)cc1C3=O. The fraction of sp³-hybridized carbons (Fsp3) is 0.467. The van der Waals surface area contributed by atoms with Gasteiger partial charge in [0.05, 0.1) is 17.8 Å². The van der Waals surface area contributed by atoms with E-state index in [0.29, 0.717) is 42.6 Å². The number of aromatic nitrogens is 1. The van der Waals surface area contributed by atoms with Crippen molar-refractivity contribution in [2.45, 2.75) is 50.1 Å². The number of benzene rings is 2. The molecule has 3 heterocycles. The van der Waals surface area contributed by atoms with Crippen LogP contribution in [0.15, 0.2) is 35.3 Å². The van der Waals surface area contributed by atoms with Crippen LogP contribution in [-0.4, -0.2) is 67.8 Å². The van der Waals surface area contributed by atoms with E-state index in [1.165, 1.54) is 25.3 Å². The lowest BCUT2D eigenvalue weighted by molar-refractivity contribution is 0.0601. The van der Waals surface area contributed by atoms with E-state index >= 15 is 4.39 Å². The van der Waals surface area contributed by atoms with Gasteiger partial charge in [-0.2, -0.15) is 0 Å². The first-order valence-corrected chi connectivity index (χ1v) is 13.6. The number of rotatable bonds is 4. The van der Waals surface area contributed by atoms with E-state index in [0.717, 1.165) is 66.7 Å². The van der Waals surface area contributed by atoms with Gasteiger partial charge in [0.1, 0.15) is 5.82 Å². The monoisotopic (exact) mass is 500 g/mol. The summed E-state index contributed by atoms with van der Waals surface area (Å²) in [7, 11) is 0. The first-order chi connectivity index (χ1) is 18.1. The molecule has 0 amide bonds. The molecule has 1 N–H and O–H groups in total. The molecule has 2 saturated heterocycles. The number of fused-ring (bicyclic) bond motifs is 6. The summed E-state index contributed by atoms with van der Waals surface area (Å²) in [5.74, 6) is -0.391. The zero-order valence-electron chi connectivity index (χ0n) is 21.2. The second-order valence-electron chi connectivity index (χ2n) is 11.1. The zero-order valence-corrected chi connectivity index (χ0v) is 21.2. The fourth-order valence-corrected chi connectivity index (χ4v) is 7.04. The van der Waals surface area contributed by atoms with Crippen LogP contribution in [0.1, 0.15) is 64.8 Å². The minimum atomic E-state index is -0.400. The summed E-state index contributed by atoms with van der Waals surface area (Å²) >= 11 is 0. The Morgan fingerprint density at radius 2 is 1.89 bits per heavy atom. The first kappa shape index (κ1) is 23.1. The summed E-state index contributed by atoms with van der Waals surface area (Å²) in [5.41, 5.74) is 5.29. The summed E-state index contributed by atoms with van der Waals surface area (Å²) in [5, 5.41) is 0.890. The largest absolute Gasteiger partial charge is 0.381 e. The van der Waals surface area contributed by atoms with Crippen LogP contribution < -0.4 is 4.90 Å². The maximum absolute atomic E-state index is 15.7. The highest BCUT2D eigenvalue weighted by Gasteiger charge is 2.47. The Balaban J connectivity index is 1.33. The van der Waals surface area contributed by atoms with E-state index in [1.54, 1.807) is 0 Å². The van der Waals surface area contributed by atoms with Crippen molar-refractivity contribution < 1.29 is 13.9 Å². The van der Waals surface area contributed by atoms with Gasteiger partial charge in [0.15, 0.2) is 5.78 Å². The van der Waals surface area contributed by atoms with E-state index in [1.807, 2.05) is 18.2 Å². The summed E-state index contributed by atoms with van der Waals surface area (Å²) in [6.45, 7) is 8.92. The second kappa shape index (κ2) is 8.77. The van der Waals surface area contributed by atoms with Crippen LogP contribution in [0.25, 0.3) is 10.9 Å².